The van der Waals surface area contributed by atoms with Crippen LogP contribution in [0.5, 0.6) is 0 Å². The van der Waals surface area contributed by atoms with Gasteiger partial charge in [-0.2, -0.15) is 0 Å². The number of piperidine rings is 1. The summed E-state index contributed by atoms with van der Waals surface area (Å²) in [4.78, 5) is 11.4. The number of hydrogen-bond acceptors (Lipinski definition) is 3. The SMILES string of the molecule is CCn1cc(NCC2CCNCC2)ccc1=O. The minimum absolute atomic E-state index is 0.0694. The average molecular weight is 235 g/mol. The van der Waals surface area contributed by atoms with Crippen LogP contribution in [0.2, 0.25) is 0 Å². The number of anilines is 1. The van der Waals surface area contributed by atoms with E-state index in [-0.39, 0.29) is 5.56 Å². The molecule has 2 N–H and O–H groups in total. The molecule has 4 nitrogen and oxygen atoms in total. The highest BCUT2D eigenvalue weighted by Crippen LogP contribution is 2.13. The van der Waals surface area contributed by atoms with Gasteiger partial charge in [-0.15, -0.1) is 0 Å². The maximum Gasteiger partial charge on any atom is 0.250 e. The standard InChI is InChI=1S/C13H21N3O/c1-2-16-10-12(3-4-13(16)17)15-9-11-5-7-14-8-6-11/h3-4,10-11,14-15H,2,5-9H2,1H3. The molecule has 1 saturated heterocycles. The van der Waals surface area contributed by atoms with Crippen LogP contribution in [0.15, 0.2) is 23.1 Å². The van der Waals surface area contributed by atoms with Gasteiger partial charge in [0.1, 0.15) is 0 Å². The summed E-state index contributed by atoms with van der Waals surface area (Å²) in [6.07, 6.45) is 4.38. The third-order valence-electron chi connectivity index (χ3n) is 3.38. The van der Waals surface area contributed by atoms with Gasteiger partial charge in [0.2, 0.25) is 0 Å². The first kappa shape index (κ1) is 12.2. The fourth-order valence-corrected chi connectivity index (χ4v) is 2.23. The topological polar surface area (TPSA) is 46.1 Å². The molecule has 4 heteroatoms. The molecule has 0 unspecified atom stereocenters. The fourth-order valence-electron chi connectivity index (χ4n) is 2.23. The third kappa shape index (κ3) is 3.33. The van der Waals surface area contributed by atoms with Crippen LogP contribution in [-0.4, -0.2) is 24.2 Å². The maximum atomic E-state index is 11.4. The van der Waals surface area contributed by atoms with Crippen LogP contribution in [0.4, 0.5) is 5.69 Å². The van der Waals surface area contributed by atoms with E-state index < -0.39 is 0 Å². The summed E-state index contributed by atoms with van der Waals surface area (Å²) in [6.45, 7) is 5.96. The summed E-state index contributed by atoms with van der Waals surface area (Å²) in [7, 11) is 0. The van der Waals surface area contributed by atoms with Crippen molar-refractivity contribution < 1.29 is 0 Å². The van der Waals surface area contributed by atoms with Crippen LogP contribution in [-0.2, 0) is 6.54 Å². The van der Waals surface area contributed by atoms with Gasteiger partial charge in [0.15, 0.2) is 0 Å². The third-order valence-corrected chi connectivity index (χ3v) is 3.38. The van der Waals surface area contributed by atoms with Crippen molar-refractivity contribution in [3.05, 3.63) is 28.7 Å². The number of aryl methyl sites for hydroxylation is 1. The quantitative estimate of drug-likeness (QED) is 0.826. The second kappa shape index (κ2) is 5.87. The van der Waals surface area contributed by atoms with E-state index in [0.29, 0.717) is 0 Å². The number of rotatable bonds is 4. The highest BCUT2D eigenvalue weighted by Gasteiger charge is 2.12. The van der Waals surface area contributed by atoms with Crippen molar-refractivity contribution in [1.29, 1.82) is 0 Å². The van der Waals surface area contributed by atoms with Gasteiger partial charge in [-0.05, 0) is 44.8 Å². The van der Waals surface area contributed by atoms with E-state index in [4.69, 9.17) is 0 Å². The maximum absolute atomic E-state index is 11.4. The Balaban J connectivity index is 1.91. The molecule has 2 rings (SSSR count). The predicted octanol–water partition coefficient (Wildman–Crippen LogP) is 1.28. The molecule has 2 heterocycles. The van der Waals surface area contributed by atoms with Gasteiger partial charge in [-0.3, -0.25) is 4.79 Å². The van der Waals surface area contributed by atoms with Crippen LogP contribution < -0.4 is 16.2 Å². The molecule has 0 bridgehead atoms. The van der Waals surface area contributed by atoms with Crippen LogP contribution >= 0.6 is 0 Å². The van der Waals surface area contributed by atoms with E-state index in [2.05, 4.69) is 10.6 Å². The first-order valence-electron chi connectivity index (χ1n) is 6.44. The van der Waals surface area contributed by atoms with Crippen LogP contribution in [0.3, 0.4) is 0 Å². The van der Waals surface area contributed by atoms with Crippen LogP contribution in [0, 0.1) is 5.92 Å². The van der Waals surface area contributed by atoms with E-state index in [1.807, 2.05) is 19.2 Å². The predicted molar refractivity (Wildman–Crippen MR) is 70.5 cm³/mol. The average Bonchev–Trinajstić information content (AvgIpc) is 2.39. The Morgan fingerprint density at radius 3 is 2.88 bits per heavy atom. The summed E-state index contributed by atoms with van der Waals surface area (Å²) in [5, 5.41) is 6.79. The Bertz CT molecular complexity index is 407. The Morgan fingerprint density at radius 1 is 1.41 bits per heavy atom. The second-order valence-electron chi connectivity index (χ2n) is 4.62. The van der Waals surface area contributed by atoms with Crippen molar-refractivity contribution in [1.82, 2.24) is 9.88 Å². The van der Waals surface area contributed by atoms with E-state index in [9.17, 15) is 4.79 Å². The Labute approximate surface area is 102 Å². The van der Waals surface area contributed by atoms with Gasteiger partial charge >= 0.3 is 0 Å². The Hall–Kier alpha value is -1.29. The van der Waals surface area contributed by atoms with Crippen molar-refractivity contribution >= 4 is 5.69 Å². The van der Waals surface area contributed by atoms with Gasteiger partial charge in [0.25, 0.3) is 5.56 Å². The molecule has 1 aromatic heterocycles. The van der Waals surface area contributed by atoms with Crippen LogP contribution in [0.25, 0.3) is 0 Å². The fraction of sp³-hybridized carbons (Fsp3) is 0.615. The molecule has 1 aliphatic heterocycles. The molecule has 94 valence electrons. The molecule has 17 heavy (non-hydrogen) atoms. The molecule has 0 radical (unpaired) electrons. The number of pyridine rings is 1. The number of nitrogens with one attached hydrogen (secondary N) is 2. The zero-order chi connectivity index (χ0) is 12.1. The first-order chi connectivity index (χ1) is 8.29. The molecule has 0 aromatic carbocycles. The van der Waals surface area contributed by atoms with E-state index >= 15 is 0 Å². The number of aromatic nitrogens is 1. The molecule has 1 fully saturated rings. The summed E-state index contributed by atoms with van der Waals surface area (Å²) in [5.74, 6) is 0.748. The van der Waals surface area contributed by atoms with E-state index in [1.54, 1.807) is 10.6 Å². The monoisotopic (exact) mass is 235 g/mol. The van der Waals surface area contributed by atoms with Gasteiger partial charge in [0.05, 0.1) is 5.69 Å². The lowest BCUT2D eigenvalue weighted by Gasteiger charge is -2.23. The van der Waals surface area contributed by atoms with Gasteiger partial charge in [-0.1, -0.05) is 0 Å². The summed E-state index contributed by atoms with van der Waals surface area (Å²) < 4.78 is 1.73. The van der Waals surface area contributed by atoms with Crippen molar-refractivity contribution in [2.24, 2.45) is 5.92 Å². The van der Waals surface area contributed by atoms with Gasteiger partial charge in [0, 0.05) is 25.4 Å². The van der Waals surface area contributed by atoms with Crippen LogP contribution in [0.1, 0.15) is 19.8 Å². The first-order valence-corrected chi connectivity index (χ1v) is 6.44. The molecule has 1 aromatic rings. The van der Waals surface area contributed by atoms with E-state index in [1.165, 1.54) is 12.8 Å². The Morgan fingerprint density at radius 2 is 2.18 bits per heavy atom. The molecule has 0 atom stereocenters. The summed E-state index contributed by atoms with van der Waals surface area (Å²) in [6, 6.07) is 3.50. The summed E-state index contributed by atoms with van der Waals surface area (Å²) in [5.41, 5.74) is 1.12. The number of nitrogens with zero attached hydrogens (tertiary/aromatic N) is 1. The molecular weight excluding hydrogens is 214 g/mol. The molecule has 0 saturated carbocycles. The smallest absolute Gasteiger partial charge is 0.250 e. The lowest BCUT2D eigenvalue weighted by Crippen LogP contribution is -2.31. The minimum atomic E-state index is 0.0694. The zero-order valence-corrected chi connectivity index (χ0v) is 10.4. The molecular formula is C13H21N3O. The normalized spacial score (nSPS) is 17.0. The highest BCUT2D eigenvalue weighted by atomic mass is 16.1. The Kier molecular flexibility index (Phi) is 4.20. The minimum Gasteiger partial charge on any atom is -0.384 e. The van der Waals surface area contributed by atoms with Crippen molar-refractivity contribution in [2.75, 3.05) is 25.0 Å². The molecule has 0 aliphatic carbocycles. The van der Waals surface area contributed by atoms with Gasteiger partial charge in [-0.25, -0.2) is 0 Å². The highest BCUT2D eigenvalue weighted by molar-refractivity contribution is 5.40. The lowest BCUT2D eigenvalue weighted by molar-refractivity contribution is 0.390. The molecule has 0 spiro atoms. The van der Waals surface area contributed by atoms with Gasteiger partial charge < -0.3 is 15.2 Å². The zero-order valence-electron chi connectivity index (χ0n) is 10.4. The largest absolute Gasteiger partial charge is 0.384 e. The summed E-state index contributed by atoms with van der Waals surface area (Å²) >= 11 is 0. The number of hydrogen-bond donors (Lipinski definition) is 2. The molecule has 0 amide bonds. The van der Waals surface area contributed by atoms with Crippen molar-refractivity contribution in [3.8, 4) is 0 Å². The molecule has 1 aliphatic rings. The van der Waals surface area contributed by atoms with Crippen molar-refractivity contribution in [2.45, 2.75) is 26.3 Å². The van der Waals surface area contributed by atoms with E-state index in [0.717, 1.165) is 37.8 Å². The lowest BCUT2D eigenvalue weighted by atomic mass is 9.98. The second-order valence-corrected chi connectivity index (χ2v) is 4.62. The van der Waals surface area contributed by atoms with Crippen molar-refractivity contribution in [3.63, 3.8) is 0 Å².